The van der Waals surface area contributed by atoms with Gasteiger partial charge < -0.3 is 9.26 Å². The Morgan fingerprint density at radius 1 is 1.07 bits per heavy atom. The lowest BCUT2D eigenvalue weighted by Gasteiger charge is -2.11. The zero-order valence-electron chi connectivity index (χ0n) is 15.7. The third-order valence-corrected chi connectivity index (χ3v) is 5.12. The van der Waals surface area contributed by atoms with Crippen molar-refractivity contribution in [2.45, 2.75) is 24.8 Å². The first-order valence-corrected chi connectivity index (χ1v) is 10.0. The topological polar surface area (TPSA) is 66.0 Å². The molecule has 0 aliphatic heterocycles. The Kier molecular flexibility index (Phi) is 5.43. The summed E-state index contributed by atoms with van der Waals surface area (Å²) in [4.78, 5) is 0. The van der Waals surface area contributed by atoms with Crippen LogP contribution in [0.15, 0.2) is 70.5 Å². The van der Waals surface area contributed by atoms with Crippen molar-refractivity contribution in [2.75, 3.05) is 6.61 Å². The maximum absolute atomic E-state index is 5.57. The summed E-state index contributed by atoms with van der Waals surface area (Å²) in [6.45, 7) is 4.68. The van der Waals surface area contributed by atoms with E-state index in [-0.39, 0.29) is 0 Å². The molecule has 2 heterocycles. The van der Waals surface area contributed by atoms with Gasteiger partial charge in [0.05, 0.1) is 12.3 Å². The van der Waals surface area contributed by atoms with Crippen LogP contribution in [0.25, 0.3) is 17.1 Å². The highest BCUT2D eigenvalue weighted by Crippen LogP contribution is 2.30. The molecule has 142 valence electrons. The van der Waals surface area contributed by atoms with Crippen molar-refractivity contribution < 1.29 is 9.26 Å². The molecule has 6 nitrogen and oxygen atoms in total. The molecule has 0 aliphatic carbocycles. The normalized spacial score (nSPS) is 10.9. The molecule has 0 bridgehead atoms. The van der Waals surface area contributed by atoms with Crippen LogP contribution in [0.1, 0.15) is 18.2 Å². The minimum atomic E-state index is 0.638. The van der Waals surface area contributed by atoms with Crippen LogP contribution in [0.2, 0.25) is 0 Å². The molecular formula is C21H20N4O2S. The largest absolute Gasteiger partial charge is 0.494 e. The molecule has 0 unspecified atom stereocenters. The van der Waals surface area contributed by atoms with E-state index in [2.05, 4.69) is 39.0 Å². The zero-order chi connectivity index (χ0) is 19.3. The van der Waals surface area contributed by atoms with E-state index in [1.54, 1.807) is 18.0 Å². The highest BCUT2D eigenvalue weighted by Gasteiger charge is 2.17. The van der Waals surface area contributed by atoms with Crippen LogP contribution < -0.4 is 4.74 Å². The summed E-state index contributed by atoms with van der Waals surface area (Å²) < 4.78 is 12.6. The predicted molar refractivity (Wildman–Crippen MR) is 109 cm³/mol. The number of hydrogen-bond donors (Lipinski definition) is 0. The SMILES string of the molecule is CCOc1ccc(-n2c(SCc3ccon3)nnc2-c2cccc(C)c2)cc1. The van der Waals surface area contributed by atoms with E-state index >= 15 is 0 Å². The first-order chi connectivity index (χ1) is 13.7. The van der Waals surface area contributed by atoms with Gasteiger partial charge in [0.15, 0.2) is 11.0 Å². The molecule has 0 atom stereocenters. The van der Waals surface area contributed by atoms with Gasteiger partial charge in [-0.15, -0.1) is 10.2 Å². The predicted octanol–water partition coefficient (Wildman–Crippen LogP) is 4.92. The van der Waals surface area contributed by atoms with Gasteiger partial charge in [0.1, 0.15) is 12.0 Å². The molecule has 0 N–H and O–H groups in total. The maximum Gasteiger partial charge on any atom is 0.196 e. The van der Waals surface area contributed by atoms with Crippen LogP contribution in [0.4, 0.5) is 0 Å². The molecular weight excluding hydrogens is 372 g/mol. The number of nitrogens with zero attached hydrogens (tertiary/aromatic N) is 4. The molecule has 0 fully saturated rings. The lowest BCUT2D eigenvalue weighted by atomic mass is 10.1. The molecule has 0 aliphatic rings. The number of ether oxygens (including phenoxy) is 1. The maximum atomic E-state index is 5.57. The highest BCUT2D eigenvalue weighted by molar-refractivity contribution is 7.98. The Labute approximate surface area is 167 Å². The van der Waals surface area contributed by atoms with Gasteiger partial charge in [-0.2, -0.15) is 0 Å². The van der Waals surface area contributed by atoms with E-state index in [1.165, 1.54) is 5.56 Å². The number of thioether (sulfide) groups is 1. The Morgan fingerprint density at radius 2 is 1.93 bits per heavy atom. The second kappa shape index (κ2) is 8.31. The van der Waals surface area contributed by atoms with Gasteiger partial charge in [-0.3, -0.25) is 4.57 Å². The molecule has 0 amide bonds. The monoisotopic (exact) mass is 392 g/mol. The third kappa shape index (κ3) is 3.94. The van der Waals surface area contributed by atoms with E-state index in [1.807, 2.05) is 49.4 Å². The molecule has 0 saturated heterocycles. The lowest BCUT2D eigenvalue weighted by Crippen LogP contribution is -2.00. The quantitative estimate of drug-likeness (QED) is 0.416. The second-order valence-corrected chi connectivity index (χ2v) is 7.16. The van der Waals surface area contributed by atoms with E-state index in [9.17, 15) is 0 Å². The Bertz CT molecular complexity index is 1040. The number of benzene rings is 2. The Balaban J connectivity index is 1.74. The zero-order valence-corrected chi connectivity index (χ0v) is 16.5. The summed E-state index contributed by atoms with van der Waals surface area (Å²) in [7, 11) is 0. The van der Waals surface area contributed by atoms with Crippen molar-refractivity contribution in [1.29, 1.82) is 0 Å². The third-order valence-electron chi connectivity index (χ3n) is 4.16. The van der Waals surface area contributed by atoms with E-state index in [0.717, 1.165) is 33.7 Å². The molecule has 4 rings (SSSR count). The summed E-state index contributed by atoms with van der Waals surface area (Å²) in [6.07, 6.45) is 1.57. The first-order valence-electron chi connectivity index (χ1n) is 9.02. The smallest absolute Gasteiger partial charge is 0.196 e. The van der Waals surface area contributed by atoms with Gasteiger partial charge in [0, 0.05) is 23.1 Å². The summed E-state index contributed by atoms with van der Waals surface area (Å²) >= 11 is 1.57. The average molecular weight is 392 g/mol. The van der Waals surface area contributed by atoms with Crippen LogP contribution in [-0.4, -0.2) is 26.5 Å². The van der Waals surface area contributed by atoms with Crippen LogP contribution in [-0.2, 0) is 5.75 Å². The summed E-state index contributed by atoms with van der Waals surface area (Å²) in [5.41, 5.74) is 4.04. The van der Waals surface area contributed by atoms with Gasteiger partial charge in [-0.05, 0) is 44.2 Å². The van der Waals surface area contributed by atoms with Crippen molar-refractivity contribution in [3.05, 3.63) is 72.1 Å². The van der Waals surface area contributed by atoms with Gasteiger partial charge in [0.2, 0.25) is 0 Å². The van der Waals surface area contributed by atoms with E-state index in [4.69, 9.17) is 9.26 Å². The number of rotatable bonds is 7. The van der Waals surface area contributed by atoms with Crippen molar-refractivity contribution in [1.82, 2.24) is 19.9 Å². The van der Waals surface area contributed by atoms with Crippen molar-refractivity contribution in [3.8, 4) is 22.8 Å². The standard InChI is InChI=1S/C21H20N4O2S/c1-3-26-19-9-7-18(8-10-19)25-20(16-6-4-5-15(2)13-16)22-23-21(25)28-14-17-11-12-27-24-17/h4-13H,3,14H2,1-2H3. The molecule has 4 aromatic rings. The fraction of sp³-hybridized carbons (Fsp3) is 0.190. The molecule has 7 heteroatoms. The lowest BCUT2D eigenvalue weighted by molar-refractivity contribution is 0.340. The Morgan fingerprint density at radius 3 is 2.64 bits per heavy atom. The van der Waals surface area contributed by atoms with Gasteiger partial charge in [0.25, 0.3) is 0 Å². The highest BCUT2D eigenvalue weighted by atomic mass is 32.2. The van der Waals surface area contributed by atoms with Crippen molar-refractivity contribution >= 4 is 11.8 Å². The van der Waals surface area contributed by atoms with Gasteiger partial charge in [-0.1, -0.05) is 40.7 Å². The van der Waals surface area contributed by atoms with Crippen LogP contribution in [0.3, 0.4) is 0 Å². The molecule has 0 radical (unpaired) electrons. The first kappa shape index (κ1) is 18.3. The minimum absolute atomic E-state index is 0.638. The fourth-order valence-corrected chi connectivity index (χ4v) is 3.72. The van der Waals surface area contributed by atoms with E-state index < -0.39 is 0 Å². The minimum Gasteiger partial charge on any atom is -0.494 e. The molecule has 28 heavy (non-hydrogen) atoms. The average Bonchev–Trinajstić information content (AvgIpc) is 3.37. The molecule has 2 aromatic carbocycles. The van der Waals surface area contributed by atoms with Gasteiger partial charge >= 0.3 is 0 Å². The number of aryl methyl sites for hydroxylation is 1. The summed E-state index contributed by atoms with van der Waals surface area (Å²) in [5, 5.41) is 13.7. The molecule has 2 aromatic heterocycles. The number of hydrogen-bond acceptors (Lipinski definition) is 6. The fourth-order valence-electron chi connectivity index (χ4n) is 2.88. The van der Waals surface area contributed by atoms with Crippen LogP contribution in [0, 0.1) is 6.92 Å². The molecule has 0 saturated carbocycles. The summed E-state index contributed by atoms with van der Waals surface area (Å²) in [5.74, 6) is 2.29. The van der Waals surface area contributed by atoms with Crippen LogP contribution >= 0.6 is 11.8 Å². The number of aromatic nitrogens is 4. The molecule has 0 spiro atoms. The second-order valence-electron chi connectivity index (χ2n) is 6.22. The van der Waals surface area contributed by atoms with Gasteiger partial charge in [-0.25, -0.2) is 0 Å². The van der Waals surface area contributed by atoms with E-state index in [0.29, 0.717) is 12.4 Å². The van der Waals surface area contributed by atoms with Crippen molar-refractivity contribution in [2.24, 2.45) is 0 Å². The Hall–Kier alpha value is -3.06. The summed E-state index contributed by atoms with van der Waals surface area (Å²) in [6, 6.07) is 18.1. The van der Waals surface area contributed by atoms with Crippen LogP contribution in [0.5, 0.6) is 5.75 Å². The van der Waals surface area contributed by atoms with Crippen molar-refractivity contribution in [3.63, 3.8) is 0 Å².